The van der Waals surface area contributed by atoms with Crippen molar-refractivity contribution in [1.29, 1.82) is 0 Å². The highest BCUT2D eigenvalue weighted by Gasteiger charge is 2.32. The molecule has 0 aliphatic carbocycles. The summed E-state index contributed by atoms with van der Waals surface area (Å²) in [5.74, 6) is -0.285. The molecule has 4 aromatic rings. The number of para-hydroxylation sites is 1. The molecule has 0 saturated carbocycles. The lowest BCUT2D eigenvalue weighted by Gasteiger charge is -2.25. The van der Waals surface area contributed by atoms with Crippen molar-refractivity contribution in [3.8, 4) is 0 Å². The van der Waals surface area contributed by atoms with Crippen LogP contribution in [0.15, 0.2) is 97.1 Å². The van der Waals surface area contributed by atoms with E-state index >= 15 is 0 Å². The van der Waals surface area contributed by atoms with Crippen LogP contribution in [0.3, 0.4) is 0 Å². The summed E-state index contributed by atoms with van der Waals surface area (Å²) >= 11 is 4.77. The topological polar surface area (TPSA) is 76.6 Å². The third-order valence-corrected chi connectivity index (χ3v) is 7.20. The summed E-state index contributed by atoms with van der Waals surface area (Å²) in [6.45, 7) is 3.75. The predicted molar refractivity (Wildman–Crippen MR) is 136 cm³/mol. The van der Waals surface area contributed by atoms with Crippen LogP contribution in [0.2, 0.25) is 0 Å². The molecule has 34 heavy (non-hydrogen) atoms. The fourth-order valence-electron chi connectivity index (χ4n) is 3.98. The van der Waals surface area contributed by atoms with Crippen molar-refractivity contribution in [1.82, 2.24) is 4.57 Å². The number of fused-ring (bicyclic) bond motifs is 1. The molecule has 2 aromatic heterocycles. The first-order chi connectivity index (χ1) is 16.4. The van der Waals surface area contributed by atoms with Crippen molar-refractivity contribution in [3.63, 3.8) is 0 Å². The van der Waals surface area contributed by atoms with E-state index in [-0.39, 0.29) is 11.5 Å². The molecule has 0 spiro atoms. The fraction of sp³-hybridized carbons (Fsp3) is 0.115. The van der Waals surface area contributed by atoms with Crippen LogP contribution in [0.25, 0.3) is 6.08 Å². The normalized spacial score (nSPS) is 15.7. The molecule has 1 N–H and O–H groups in total. The van der Waals surface area contributed by atoms with Gasteiger partial charge in [0.05, 0.1) is 34.4 Å². The molecule has 1 aliphatic rings. The number of aryl methyl sites for hydroxylation is 1. The van der Waals surface area contributed by atoms with E-state index < -0.39 is 6.04 Å². The zero-order valence-electron chi connectivity index (χ0n) is 18.4. The Morgan fingerprint density at radius 2 is 1.91 bits per heavy atom. The molecule has 8 heteroatoms. The second-order valence-electron chi connectivity index (χ2n) is 7.96. The van der Waals surface area contributed by atoms with E-state index in [9.17, 15) is 9.59 Å². The third-order valence-electron chi connectivity index (χ3n) is 5.69. The first kappa shape index (κ1) is 22.3. The minimum absolute atomic E-state index is 0.202. The number of nitrogens with zero attached hydrogens (tertiary/aromatic N) is 2. The van der Waals surface area contributed by atoms with Gasteiger partial charge in [-0.3, -0.25) is 14.2 Å². The Kier molecular flexibility index (Phi) is 5.93. The minimum atomic E-state index is -0.611. The molecular formula is C26H20BrN3O3S. The number of halogens is 1. The molecule has 3 heterocycles. The Bertz CT molecular complexity index is 1600. The molecule has 0 saturated heterocycles. The van der Waals surface area contributed by atoms with Crippen LogP contribution in [-0.2, 0) is 4.79 Å². The maximum absolute atomic E-state index is 13.6. The van der Waals surface area contributed by atoms with Crippen LogP contribution in [0.5, 0.6) is 0 Å². The lowest BCUT2D eigenvalue weighted by atomic mass is 9.95. The number of carbonyl (C=O) groups is 1. The zero-order chi connectivity index (χ0) is 23.8. The number of furan rings is 1. The predicted octanol–water partition coefficient (Wildman–Crippen LogP) is 4.54. The smallest absolute Gasteiger partial charge is 0.271 e. The largest absolute Gasteiger partial charge is 0.472 e. The van der Waals surface area contributed by atoms with Crippen LogP contribution < -0.4 is 20.2 Å². The molecule has 0 unspecified atom stereocenters. The van der Waals surface area contributed by atoms with E-state index in [2.05, 4.69) is 26.2 Å². The van der Waals surface area contributed by atoms with Crippen molar-refractivity contribution in [2.24, 2.45) is 4.99 Å². The SMILES string of the molecule is CC1=C(C(=O)Nc2ccccc2C)[C@@H](c2ccc(Br)cc2)n2c(s/c(=C/c3ccoc3)c2=O)=N1. The first-order valence-electron chi connectivity index (χ1n) is 10.6. The summed E-state index contributed by atoms with van der Waals surface area (Å²) in [7, 11) is 0. The molecule has 2 aromatic carbocycles. The Morgan fingerprint density at radius 3 is 2.62 bits per heavy atom. The van der Waals surface area contributed by atoms with Gasteiger partial charge in [0.25, 0.3) is 11.5 Å². The number of hydrogen-bond donors (Lipinski definition) is 1. The van der Waals surface area contributed by atoms with Crippen molar-refractivity contribution >= 4 is 44.9 Å². The number of allylic oxidation sites excluding steroid dienone is 1. The van der Waals surface area contributed by atoms with Gasteiger partial charge in [-0.1, -0.05) is 57.6 Å². The third kappa shape index (κ3) is 4.10. The van der Waals surface area contributed by atoms with E-state index in [1.165, 1.54) is 11.3 Å². The zero-order valence-corrected chi connectivity index (χ0v) is 20.8. The summed E-state index contributed by atoms with van der Waals surface area (Å²) in [5.41, 5.74) is 4.10. The van der Waals surface area contributed by atoms with Crippen LogP contribution >= 0.6 is 27.3 Å². The number of amides is 1. The highest BCUT2D eigenvalue weighted by atomic mass is 79.9. The number of thiazole rings is 1. The highest BCUT2D eigenvalue weighted by Crippen LogP contribution is 2.31. The van der Waals surface area contributed by atoms with Crippen molar-refractivity contribution < 1.29 is 9.21 Å². The van der Waals surface area contributed by atoms with Crippen LogP contribution in [0.4, 0.5) is 5.69 Å². The first-order valence-corrected chi connectivity index (χ1v) is 12.2. The number of anilines is 1. The average Bonchev–Trinajstić information content (AvgIpc) is 3.43. The molecular weight excluding hydrogens is 514 g/mol. The van der Waals surface area contributed by atoms with Gasteiger partial charge in [0.1, 0.15) is 0 Å². The van der Waals surface area contributed by atoms with E-state index in [1.807, 2.05) is 62.4 Å². The Balaban J connectivity index is 1.68. The van der Waals surface area contributed by atoms with Gasteiger partial charge in [0, 0.05) is 15.7 Å². The molecule has 6 nitrogen and oxygen atoms in total. The van der Waals surface area contributed by atoms with Gasteiger partial charge in [-0.05, 0) is 55.3 Å². The van der Waals surface area contributed by atoms with Gasteiger partial charge in [-0.25, -0.2) is 4.99 Å². The van der Waals surface area contributed by atoms with Gasteiger partial charge in [-0.2, -0.15) is 0 Å². The van der Waals surface area contributed by atoms with E-state index in [0.29, 0.717) is 20.6 Å². The number of hydrogen-bond acceptors (Lipinski definition) is 5. The summed E-state index contributed by atoms with van der Waals surface area (Å²) in [6.07, 6.45) is 4.92. The van der Waals surface area contributed by atoms with E-state index in [4.69, 9.17) is 4.42 Å². The van der Waals surface area contributed by atoms with Gasteiger partial charge in [-0.15, -0.1) is 0 Å². The van der Waals surface area contributed by atoms with Crippen molar-refractivity contribution in [2.45, 2.75) is 19.9 Å². The molecule has 1 atom stereocenters. The fourth-order valence-corrected chi connectivity index (χ4v) is 5.29. The van der Waals surface area contributed by atoms with Crippen LogP contribution in [0.1, 0.15) is 29.7 Å². The second kappa shape index (κ2) is 9.04. The summed E-state index contributed by atoms with van der Waals surface area (Å²) in [5, 5.41) is 3.02. The Morgan fingerprint density at radius 1 is 1.15 bits per heavy atom. The number of aromatic nitrogens is 1. The summed E-state index contributed by atoms with van der Waals surface area (Å²) in [4.78, 5) is 32.4. The van der Waals surface area contributed by atoms with E-state index in [1.54, 1.807) is 29.2 Å². The highest BCUT2D eigenvalue weighted by molar-refractivity contribution is 9.10. The number of carbonyl (C=O) groups excluding carboxylic acids is 1. The van der Waals surface area contributed by atoms with Crippen molar-refractivity contribution in [3.05, 3.63) is 119 Å². The Hall–Kier alpha value is -3.49. The average molecular weight is 534 g/mol. The maximum Gasteiger partial charge on any atom is 0.271 e. The standard InChI is InChI=1S/C26H20BrN3O3S/c1-15-5-3-4-6-20(15)29-24(31)22-16(2)28-26-30(23(22)18-7-9-19(27)10-8-18)25(32)21(34-26)13-17-11-12-33-14-17/h3-14,23H,1-2H3,(H,29,31)/b21-13+/t23-/m1/s1. The second-order valence-corrected chi connectivity index (χ2v) is 9.88. The van der Waals surface area contributed by atoms with Gasteiger partial charge >= 0.3 is 0 Å². The van der Waals surface area contributed by atoms with Crippen LogP contribution in [0, 0.1) is 6.92 Å². The van der Waals surface area contributed by atoms with E-state index in [0.717, 1.165) is 26.9 Å². The molecule has 5 rings (SSSR count). The molecule has 1 amide bonds. The number of nitrogens with one attached hydrogen (secondary N) is 1. The lowest BCUT2D eigenvalue weighted by Crippen LogP contribution is -2.40. The molecule has 0 bridgehead atoms. The summed E-state index contributed by atoms with van der Waals surface area (Å²) < 4.78 is 8.18. The Labute approximate surface area is 207 Å². The van der Waals surface area contributed by atoms with Crippen molar-refractivity contribution in [2.75, 3.05) is 5.32 Å². The van der Waals surface area contributed by atoms with Gasteiger partial charge in [0.15, 0.2) is 4.80 Å². The molecule has 0 radical (unpaired) electrons. The maximum atomic E-state index is 13.6. The molecule has 0 fully saturated rings. The number of rotatable bonds is 4. The lowest BCUT2D eigenvalue weighted by molar-refractivity contribution is -0.113. The molecule has 170 valence electrons. The number of benzene rings is 2. The van der Waals surface area contributed by atoms with Gasteiger partial charge < -0.3 is 9.73 Å². The quantitative estimate of drug-likeness (QED) is 0.418. The summed E-state index contributed by atoms with van der Waals surface area (Å²) in [6, 6.07) is 16.4. The van der Waals surface area contributed by atoms with Gasteiger partial charge in [0.2, 0.25) is 0 Å². The molecule has 1 aliphatic heterocycles. The monoisotopic (exact) mass is 533 g/mol. The van der Waals surface area contributed by atoms with Crippen LogP contribution in [-0.4, -0.2) is 10.5 Å². The minimum Gasteiger partial charge on any atom is -0.472 e.